The molecule has 0 spiro atoms. The third-order valence-corrected chi connectivity index (χ3v) is 4.25. The van der Waals surface area contributed by atoms with Crippen LogP contribution in [0.25, 0.3) is 0 Å². The van der Waals surface area contributed by atoms with E-state index >= 15 is 0 Å². The van der Waals surface area contributed by atoms with Crippen LogP contribution >= 0.6 is 0 Å². The quantitative estimate of drug-likeness (QED) is 0.356. The Bertz CT molecular complexity index is 308. The molecule has 136 valence electrons. The van der Waals surface area contributed by atoms with Crippen molar-refractivity contribution in [3.63, 3.8) is 0 Å². The molecule has 1 fully saturated rings. The Kier molecular flexibility index (Phi) is 11.5. The third kappa shape index (κ3) is 8.27. The summed E-state index contributed by atoms with van der Waals surface area (Å²) in [5, 5.41) is 28.4. The van der Waals surface area contributed by atoms with Gasteiger partial charge in [0.05, 0.1) is 19.8 Å². The van der Waals surface area contributed by atoms with Gasteiger partial charge < -0.3 is 24.8 Å². The first-order valence-electron chi connectivity index (χ1n) is 9.05. The summed E-state index contributed by atoms with van der Waals surface area (Å²) >= 11 is 0. The van der Waals surface area contributed by atoms with Crippen molar-refractivity contribution in [2.75, 3.05) is 19.8 Å². The lowest BCUT2D eigenvalue weighted by Gasteiger charge is -2.23. The average molecular weight is 330 g/mol. The zero-order valence-electron chi connectivity index (χ0n) is 14.4. The van der Waals surface area contributed by atoms with Gasteiger partial charge in [-0.3, -0.25) is 0 Å². The second-order valence-corrected chi connectivity index (χ2v) is 6.29. The van der Waals surface area contributed by atoms with Crippen molar-refractivity contribution in [2.45, 2.75) is 82.7 Å². The van der Waals surface area contributed by atoms with E-state index < -0.39 is 31.0 Å². The zero-order chi connectivity index (χ0) is 16.9. The predicted octanol–water partition coefficient (Wildman–Crippen LogP) is 2.18. The molecule has 5 nitrogen and oxygen atoms in total. The van der Waals surface area contributed by atoms with Crippen LogP contribution in [0.3, 0.4) is 0 Å². The van der Waals surface area contributed by atoms with E-state index in [1.807, 2.05) is 6.08 Å². The molecule has 23 heavy (non-hydrogen) atoms. The molecule has 0 aliphatic carbocycles. The van der Waals surface area contributed by atoms with E-state index in [0.717, 1.165) is 6.42 Å². The van der Waals surface area contributed by atoms with E-state index in [-0.39, 0.29) is 6.61 Å². The second-order valence-electron chi connectivity index (χ2n) is 6.29. The molecule has 0 saturated carbocycles. The fourth-order valence-electron chi connectivity index (χ4n) is 2.83. The first-order valence-corrected chi connectivity index (χ1v) is 9.05. The van der Waals surface area contributed by atoms with Crippen LogP contribution in [0.15, 0.2) is 12.2 Å². The van der Waals surface area contributed by atoms with Gasteiger partial charge >= 0.3 is 0 Å². The van der Waals surface area contributed by atoms with Crippen molar-refractivity contribution in [1.82, 2.24) is 0 Å². The van der Waals surface area contributed by atoms with Gasteiger partial charge in [-0.05, 0) is 12.8 Å². The molecular weight excluding hydrogens is 296 g/mol. The Hall–Kier alpha value is -0.460. The van der Waals surface area contributed by atoms with Gasteiger partial charge in [0.1, 0.15) is 24.4 Å². The molecule has 1 heterocycles. The van der Waals surface area contributed by atoms with Crippen molar-refractivity contribution in [1.29, 1.82) is 0 Å². The number of rotatable bonds is 13. The van der Waals surface area contributed by atoms with E-state index in [0.29, 0.717) is 6.61 Å². The van der Waals surface area contributed by atoms with Gasteiger partial charge in [0.25, 0.3) is 0 Å². The highest BCUT2D eigenvalue weighted by Crippen LogP contribution is 2.21. The zero-order valence-corrected chi connectivity index (χ0v) is 14.4. The fraction of sp³-hybridized carbons (Fsp3) is 0.889. The normalized spacial score (nSPS) is 26.2. The molecule has 1 saturated heterocycles. The molecule has 5 heteroatoms. The topological polar surface area (TPSA) is 79.2 Å². The molecule has 0 amide bonds. The Morgan fingerprint density at radius 1 is 1.13 bits per heavy atom. The Balaban J connectivity index is 2.06. The summed E-state index contributed by atoms with van der Waals surface area (Å²) < 4.78 is 10.9. The molecule has 1 rings (SSSR count). The molecule has 0 aromatic rings. The number of aliphatic hydroxyl groups is 3. The predicted molar refractivity (Wildman–Crippen MR) is 90.3 cm³/mol. The number of hydrogen-bond donors (Lipinski definition) is 3. The number of unbranched alkanes of at least 4 members (excludes halogenated alkanes) is 7. The van der Waals surface area contributed by atoms with Gasteiger partial charge in [0.15, 0.2) is 0 Å². The van der Waals surface area contributed by atoms with E-state index in [1.54, 1.807) is 0 Å². The van der Waals surface area contributed by atoms with E-state index in [1.165, 1.54) is 44.9 Å². The van der Waals surface area contributed by atoms with Crippen LogP contribution < -0.4 is 0 Å². The summed E-state index contributed by atoms with van der Waals surface area (Å²) in [7, 11) is 0. The van der Waals surface area contributed by atoms with Gasteiger partial charge in [-0.1, -0.05) is 57.6 Å². The van der Waals surface area contributed by atoms with Crippen LogP contribution in [0.4, 0.5) is 0 Å². The third-order valence-electron chi connectivity index (χ3n) is 4.25. The highest BCUT2D eigenvalue weighted by atomic mass is 16.6. The van der Waals surface area contributed by atoms with Gasteiger partial charge in [-0.2, -0.15) is 0 Å². The maximum atomic E-state index is 9.80. The minimum Gasteiger partial charge on any atom is -0.394 e. The summed E-state index contributed by atoms with van der Waals surface area (Å²) in [6.45, 7) is 2.35. The monoisotopic (exact) mass is 330 g/mol. The standard InChI is InChI=1S/C18H34O5/c1-2-3-4-5-6-7-8-9-10-11-12-22-18-16(21)14-23-17(18)15(20)13-19/h10-11,15-21H,2-9,12-14H2,1H3/b11-10+/t15-,16+,17+,18+/m0/s1. The molecule has 0 unspecified atom stereocenters. The molecule has 0 radical (unpaired) electrons. The fourth-order valence-corrected chi connectivity index (χ4v) is 2.83. The lowest BCUT2D eigenvalue weighted by atomic mass is 10.1. The van der Waals surface area contributed by atoms with Crippen LogP contribution in [0, 0.1) is 0 Å². The van der Waals surface area contributed by atoms with E-state index in [9.17, 15) is 10.2 Å². The van der Waals surface area contributed by atoms with Crippen molar-refractivity contribution in [2.24, 2.45) is 0 Å². The molecule has 0 aromatic carbocycles. The Morgan fingerprint density at radius 2 is 1.83 bits per heavy atom. The van der Waals surface area contributed by atoms with Gasteiger partial charge in [0, 0.05) is 0 Å². The van der Waals surface area contributed by atoms with Crippen molar-refractivity contribution >= 4 is 0 Å². The molecule has 0 bridgehead atoms. The van der Waals surface area contributed by atoms with E-state index in [4.69, 9.17) is 14.6 Å². The first-order chi connectivity index (χ1) is 11.2. The summed E-state index contributed by atoms with van der Waals surface area (Å²) in [6.07, 6.45) is 11.2. The smallest absolute Gasteiger partial charge is 0.115 e. The number of allylic oxidation sites excluding steroid dienone is 1. The van der Waals surface area contributed by atoms with E-state index in [2.05, 4.69) is 13.0 Å². The summed E-state index contributed by atoms with van der Waals surface area (Å²) in [5.74, 6) is 0. The number of aliphatic hydroxyl groups excluding tert-OH is 3. The lowest BCUT2D eigenvalue weighted by molar-refractivity contribution is -0.0879. The summed E-state index contributed by atoms with van der Waals surface area (Å²) in [4.78, 5) is 0. The highest BCUT2D eigenvalue weighted by molar-refractivity contribution is 4.90. The molecule has 1 aliphatic heterocycles. The van der Waals surface area contributed by atoms with Crippen LogP contribution in [0.2, 0.25) is 0 Å². The lowest BCUT2D eigenvalue weighted by Crippen LogP contribution is -2.42. The largest absolute Gasteiger partial charge is 0.394 e. The molecule has 4 atom stereocenters. The summed E-state index contributed by atoms with van der Waals surface area (Å²) in [5.41, 5.74) is 0. The minimum absolute atomic E-state index is 0.133. The molecular formula is C18H34O5. The Morgan fingerprint density at radius 3 is 2.52 bits per heavy atom. The van der Waals surface area contributed by atoms with Crippen molar-refractivity contribution < 1.29 is 24.8 Å². The van der Waals surface area contributed by atoms with Gasteiger partial charge in [0.2, 0.25) is 0 Å². The first kappa shape index (κ1) is 20.6. The number of ether oxygens (including phenoxy) is 2. The van der Waals surface area contributed by atoms with Crippen LogP contribution in [0.1, 0.15) is 58.3 Å². The van der Waals surface area contributed by atoms with Gasteiger partial charge in [-0.25, -0.2) is 0 Å². The Labute approximate surface area is 140 Å². The maximum absolute atomic E-state index is 9.80. The summed E-state index contributed by atoms with van der Waals surface area (Å²) in [6, 6.07) is 0. The van der Waals surface area contributed by atoms with Crippen molar-refractivity contribution in [3.05, 3.63) is 12.2 Å². The highest BCUT2D eigenvalue weighted by Gasteiger charge is 2.40. The van der Waals surface area contributed by atoms with Crippen LogP contribution in [-0.2, 0) is 9.47 Å². The van der Waals surface area contributed by atoms with Gasteiger partial charge in [-0.15, -0.1) is 0 Å². The second kappa shape index (κ2) is 12.9. The molecule has 0 aromatic heterocycles. The van der Waals surface area contributed by atoms with Crippen molar-refractivity contribution in [3.8, 4) is 0 Å². The maximum Gasteiger partial charge on any atom is 0.115 e. The van der Waals surface area contributed by atoms with Crippen LogP contribution in [-0.4, -0.2) is 59.6 Å². The SMILES string of the molecule is CCCCCCCCC/C=C/CO[C@H]1[C@@H]([C@@H](O)CO)OC[C@H]1O. The molecule has 1 aliphatic rings. The molecule has 3 N–H and O–H groups in total. The average Bonchev–Trinajstić information content (AvgIpc) is 2.93. The minimum atomic E-state index is -1.02. The van der Waals surface area contributed by atoms with Crippen LogP contribution in [0.5, 0.6) is 0 Å². The number of hydrogen-bond acceptors (Lipinski definition) is 5.